The van der Waals surface area contributed by atoms with Gasteiger partial charge in [-0.15, -0.1) is 0 Å². The number of piperidine rings is 1. The van der Waals surface area contributed by atoms with Crippen LogP contribution in [0, 0.1) is 11.8 Å². The van der Waals surface area contributed by atoms with Crippen molar-refractivity contribution >= 4 is 27.7 Å². The molecule has 1 aliphatic heterocycles. The Morgan fingerprint density at radius 3 is 2.33 bits per heavy atom. The lowest BCUT2D eigenvalue weighted by atomic mass is 9.94. The Morgan fingerprint density at radius 1 is 1.17 bits per heavy atom. The zero-order chi connectivity index (χ0) is 17.7. The fourth-order valence-corrected chi connectivity index (χ4v) is 4.52. The van der Waals surface area contributed by atoms with Crippen molar-refractivity contribution in [2.75, 3.05) is 26.2 Å². The van der Waals surface area contributed by atoms with Crippen LogP contribution in [0.3, 0.4) is 0 Å². The van der Waals surface area contributed by atoms with Gasteiger partial charge in [-0.05, 0) is 42.5 Å². The van der Waals surface area contributed by atoms with Crippen LogP contribution in [0.2, 0.25) is 5.02 Å². The summed E-state index contributed by atoms with van der Waals surface area (Å²) in [5, 5.41) is 3.24. The second-order valence-corrected chi connectivity index (χ2v) is 8.62. The summed E-state index contributed by atoms with van der Waals surface area (Å²) >= 11 is 5.77. The molecule has 0 spiro atoms. The first kappa shape index (κ1) is 19.2. The highest BCUT2D eigenvalue weighted by Gasteiger charge is 2.29. The molecule has 2 atom stereocenters. The molecule has 1 saturated heterocycles. The molecular weight excluding hydrogens is 350 g/mol. The minimum Gasteiger partial charge on any atom is -0.351 e. The number of carbonyl (C=O) groups is 1. The minimum absolute atomic E-state index is 0.154. The van der Waals surface area contributed by atoms with Gasteiger partial charge in [-0.25, -0.2) is 4.72 Å². The van der Waals surface area contributed by atoms with Gasteiger partial charge in [0.1, 0.15) is 0 Å². The average molecular weight is 374 g/mol. The predicted octanol–water partition coefficient (Wildman–Crippen LogP) is 1.88. The van der Waals surface area contributed by atoms with Gasteiger partial charge in [-0.2, -0.15) is 12.7 Å². The molecule has 1 heterocycles. The SMILES string of the molecule is CC1CC(C)CN(S(=O)(=O)NCCNC(=O)c2ccc(Cl)cc2)C1. The van der Waals surface area contributed by atoms with E-state index in [2.05, 4.69) is 23.9 Å². The molecule has 0 radical (unpaired) electrons. The van der Waals surface area contributed by atoms with Gasteiger partial charge in [-0.1, -0.05) is 25.4 Å². The van der Waals surface area contributed by atoms with Gasteiger partial charge in [0.15, 0.2) is 0 Å². The summed E-state index contributed by atoms with van der Waals surface area (Å²) in [5.41, 5.74) is 0.487. The van der Waals surface area contributed by atoms with E-state index in [1.165, 1.54) is 4.31 Å². The maximum absolute atomic E-state index is 12.3. The molecule has 2 unspecified atom stereocenters. The Hall–Kier alpha value is -1.15. The van der Waals surface area contributed by atoms with Crippen molar-refractivity contribution in [1.82, 2.24) is 14.3 Å². The van der Waals surface area contributed by atoms with E-state index in [-0.39, 0.29) is 19.0 Å². The molecule has 1 fully saturated rings. The Labute approximate surface area is 148 Å². The zero-order valence-corrected chi connectivity index (χ0v) is 15.5. The summed E-state index contributed by atoms with van der Waals surface area (Å²) in [6.07, 6.45) is 1.04. The van der Waals surface area contributed by atoms with Crippen LogP contribution in [-0.2, 0) is 10.2 Å². The van der Waals surface area contributed by atoms with Crippen molar-refractivity contribution in [3.63, 3.8) is 0 Å². The Morgan fingerprint density at radius 2 is 1.75 bits per heavy atom. The first-order chi connectivity index (χ1) is 11.3. The van der Waals surface area contributed by atoms with Gasteiger partial charge in [0.25, 0.3) is 16.1 Å². The van der Waals surface area contributed by atoms with Crippen molar-refractivity contribution in [1.29, 1.82) is 0 Å². The fraction of sp³-hybridized carbons (Fsp3) is 0.562. The third kappa shape index (κ3) is 5.44. The van der Waals surface area contributed by atoms with Crippen LogP contribution in [0.1, 0.15) is 30.6 Å². The molecule has 2 rings (SSSR count). The molecule has 24 heavy (non-hydrogen) atoms. The molecule has 1 amide bonds. The zero-order valence-electron chi connectivity index (χ0n) is 14.0. The van der Waals surface area contributed by atoms with Crippen LogP contribution >= 0.6 is 11.6 Å². The number of hydrogen-bond acceptors (Lipinski definition) is 3. The van der Waals surface area contributed by atoms with Crippen molar-refractivity contribution in [2.45, 2.75) is 20.3 Å². The fourth-order valence-electron chi connectivity index (χ4n) is 2.95. The number of rotatable bonds is 6. The van der Waals surface area contributed by atoms with E-state index in [9.17, 15) is 13.2 Å². The van der Waals surface area contributed by atoms with Gasteiger partial charge < -0.3 is 5.32 Å². The maximum atomic E-state index is 12.3. The van der Waals surface area contributed by atoms with E-state index >= 15 is 0 Å². The van der Waals surface area contributed by atoms with Crippen LogP contribution in [0.5, 0.6) is 0 Å². The van der Waals surface area contributed by atoms with Gasteiger partial charge in [0, 0.05) is 36.8 Å². The first-order valence-corrected chi connectivity index (χ1v) is 9.88. The van der Waals surface area contributed by atoms with E-state index in [0.29, 0.717) is 35.5 Å². The quantitative estimate of drug-likeness (QED) is 0.747. The highest BCUT2D eigenvalue weighted by atomic mass is 35.5. The molecule has 1 aromatic carbocycles. The Kier molecular flexibility index (Phi) is 6.62. The summed E-state index contributed by atoms with van der Waals surface area (Å²) in [7, 11) is -3.50. The van der Waals surface area contributed by atoms with E-state index < -0.39 is 10.2 Å². The number of nitrogens with zero attached hydrogens (tertiary/aromatic N) is 1. The number of nitrogens with one attached hydrogen (secondary N) is 2. The van der Waals surface area contributed by atoms with Crippen LogP contribution in [0.25, 0.3) is 0 Å². The monoisotopic (exact) mass is 373 g/mol. The van der Waals surface area contributed by atoms with E-state index in [1.807, 2.05) is 0 Å². The van der Waals surface area contributed by atoms with Gasteiger partial charge in [0.05, 0.1) is 0 Å². The van der Waals surface area contributed by atoms with Crippen LogP contribution in [-0.4, -0.2) is 44.8 Å². The molecular formula is C16H24ClN3O3S. The topological polar surface area (TPSA) is 78.5 Å². The summed E-state index contributed by atoms with van der Waals surface area (Å²) < 4.78 is 28.7. The second-order valence-electron chi connectivity index (χ2n) is 6.43. The summed E-state index contributed by atoms with van der Waals surface area (Å²) in [4.78, 5) is 11.9. The van der Waals surface area contributed by atoms with E-state index in [4.69, 9.17) is 11.6 Å². The van der Waals surface area contributed by atoms with Gasteiger partial charge in [-0.3, -0.25) is 4.79 Å². The molecule has 2 N–H and O–H groups in total. The number of benzene rings is 1. The third-order valence-corrected chi connectivity index (χ3v) is 5.78. The first-order valence-electron chi connectivity index (χ1n) is 8.06. The molecule has 0 bridgehead atoms. The molecule has 1 aromatic rings. The van der Waals surface area contributed by atoms with Crippen molar-refractivity contribution in [2.24, 2.45) is 11.8 Å². The normalized spacial score (nSPS) is 22.3. The summed E-state index contributed by atoms with van der Waals surface area (Å²) in [6.45, 7) is 5.57. The second kappa shape index (κ2) is 8.29. The Bertz CT molecular complexity index is 654. The highest BCUT2D eigenvalue weighted by Crippen LogP contribution is 2.22. The lowest BCUT2D eigenvalue weighted by molar-refractivity contribution is 0.0954. The number of hydrogen-bond donors (Lipinski definition) is 2. The molecule has 134 valence electrons. The molecule has 1 aliphatic rings. The van der Waals surface area contributed by atoms with E-state index in [0.717, 1.165) is 6.42 Å². The summed E-state index contributed by atoms with van der Waals surface area (Å²) in [5.74, 6) is 0.455. The maximum Gasteiger partial charge on any atom is 0.279 e. The van der Waals surface area contributed by atoms with Crippen molar-refractivity contribution in [3.8, 4) is 0 Å². The lowest BCUT2D eigenvalue weighted by Crippen LogP contribution is -2.49. The van der Waals surface area contributed by atoms with Crippen molar-refractivity contribution < 1.29 is 13.2 Å². The average Bonchev–Trinajstić information content (AvgIpc) is 2.51. The number of carbonyl (C=O) groups excluding carboxylic acids is 1. The largest absolute Gasteiger partial charge is 0.351 e. The Balaban J connectivity index is 1.78. The van der Waals surface area contributed by atoms with Crippen LogP contribution < -0.4 is 10.0 Å². The van der Waals surface area contributed by atoms with Crippen LogP contribution in [0.15, 0.2) is 24.3 Å². The predicted molar refractivity (Wildman–Crippen MR) is 95.2 cm³/mol. The molecule has 6 nitrogen and oxygen atoms in total. The standard InChI is InChI=1S/C16H24ClN3O3S/c1-12-9-13(2)11-20(10-12)24(22,23)19-8-7-18-16(21)14-3-5-15(17)6-4-14/h3-6,12-13,19H,7-11H2,1-2H3,(H,18,21). The molecule has 0 aliphatic carbocycles. The minimum atomic E-state index is -3.50. The summed E-state index contributed by atoms with van der Waals surface area (Å²) in [6, 6.07) is 6.52. The van der Waals surface area contributed by atoms with Gasteiger partial charge >= 0.3 is 0 Å². The number of amides is 1. The lowest BCUT2D eigenvalue weighted by Gasteiger charge is -2.33. The molecule has 0 aromatic heterocycles. The van der Waals surface area contributed by atoms with E-state index in [1.54, 1.807) is 24.3 Å². The van der Waals surface area contributed by atoms with Gasteiger partial charge in [0.2, 0.25) is 0 Å². The third-order valence-electron chi connectivity index (χ3n) is 3.98. The number of halogens is 1. The van der Waals surface area contributed by atoms with Crippen molar-refractivity contribution in [3.05, 3.63) is 34.9 Å². The smallest absolute Gasteiger partial charge is 0.279 e. The highest BCUT2D eigenvalue weighted by molar-refractivity contribution is 7.87. The molecule has 0 saturated carbocycles. The van der Waals surface area contributed by atoms with Crippen LogP contribution in [0.4, 0.5) is 0 Å². The molecule has 8 heteroatoms.